The van der Waals surface area contributed by atoms with E-state index in [-0.39, 0.29) is 29.3 Å². The van der Waals surface area contributed by atoms with Crippen molar-refractivity contribution in [2.45, 2.75) is 37.2 Å². The van der Waals surface area contributed by atoms with Gasteiger partial charge >= 0.3 is 11.9 Å². The zero-order chi connectivity index (χ0) is 31.8. The normalized spacial score (nSPS) is 20.0. The fraction of sp³-hybridized carbons (Fsp3) is 0.233. The van der Waals surface area contributed by atoms with E-state index in [1.807, 2.05) is 30.3 Å². The van der Waals surface area contributed by atoms with Gasteiger partial charge in [0.15, 0.2) is 22.9 Å². The third-order valence-electron chi connectivity index (χ3n) is 8.17. The Morgan fingerprint density at radius 1 is 1.07 bits per heavy atom. The number of fused-ring (bicyclic) bond motifs is 3. The molecule has 3 aliphatic rings. The van der Waals surface area contributed by atoms with Crippen LogP contribution in [0.5, 0.6) is 28.7 Å². The Balaban J connectivity index is 1.44. The molecule has 0 aliphatic carbocycles. The molecule has 0 bridgehead atoms. The van der Waals surface area contributed by atoms with E-state index >= 15 is 8.78 Å². The molecule has 9 nitrogen and oxygen atoms in total. The molecule has 2 atom stereocenters. The van der Waals surface area contributed by atoms with Crippen LogP contribution in [0, 0.1) is 11.6 Å². The van der Waals surface area contributed by atoms with E-state index in [1.54, 1.807) is 0 Å². The lowest BCUT2D eigenvalue weighted by Gasteiger charge is -2.35. The average Bonchev–Trinajstić information content (AvgIpc) is 3.67. The van der Waals surface area contributed by atoms with Crippen LogP contribution in [-0.2, 0) is 18.3 Å². The molecule has 0 spiro atoms. The van der Waals surface area contributed by atoms with E-state index in [2.05, 4.69) is 10.4 Å². The number of aromatic nitrogens is 2. The van der Waals surface area contributed by atoms with Gasteiger partial charge in [0, 0.05) is 29.2 Å². The molecule has 4 aromatic rings. The molecule has 232 valence electrons. The number of hydrogen-bond acceptors (Lipinski definition) is 7. The topological polar surface area (TPSA) is 118 Å². The van der Waals surface area contributed by atoms with E-state index in [0.29, 0.717) is 19.2 Å². The number of carbonyl (C=O) groups is 1. The monoisotopic (exact) mass is 646 g/mol. The van der Waals surface area contributed by atoms with Gasteiger partial charge in [-0.05, 0) is 31.0 Å². The molecule has 0 saturated carbocycles. The number of nitrogens with two attached hydrogens (primary N) is 1. The minimum Gasteiger partial charge on any atom is -0.480 e. The van der Waals surface area contributed by atoms with Crippen LogP contribution < -0.4 is 30.8 Å². The number of ether oxygens (including phenoxy) is 3. The Hall–Kier alpha value is -4.69. The van der Waals surface area contributed by atoms with Gasteiger partial charge in [-0.25, -0.2) is 8.78 Å². The van der Waals surface area contributed by atoms with Crippen molar-refractivity contribution in [3.63, 3.8) is 0 Å². The number of halogens is 6. The summed E-state index contributed by atoms with van der Waals surface area (Å²) in [5, 5.41) is 5.88. The summed E-state index contributed by atoms with van der Waals surface area (Å²) in [6.45, 7) is 0.705. The predicted octanol–water partition coefficient (Wildman–Crippen LogP) is 5.90. The van der Waals surface area contributed by atoms with Crippen LogP contribution in [0.25, 0.3) is 11.1 Å². The SMILES string of the molecule is NC(=O)c1cc2c(c(F)c1-c1c(Cl)c(F)cc3c1C[C@](c1ccccc1)([C@@H]1CCCN1)O3)Oc1c(cnn(C(F)(F)F)c1=O)O2. The van der Waals surface area contributed by atoms with E-state index in [4.69, 9.17) is 31.5 Å². The van der Waals surface area contributed by atoms with Crippen LogP contribution in [0.15, 0.2) is 53.5 Å². The maximum Gasteiger partial charge on any atom is 0.507 e. The Kier molecular flexibility index (Phi) is 6.57. The standard InChI is InChI=1S/C30H20ClF5N4O5/c31-23-16(32)10-17-15(11-29(45-17,20-7-4-8-38-20)13-5-2-1-3-6-13)21(23)22-14(27(37)41)9-18-25(24(22)33)44-26-19(43-18)12-39-40(28(26)42)30(34,35)36/h1-3,5-6,9-10,12,20,38H,4,7-8,11H2,(H2,37,41)/t20-,29-/m0/s1. The maximum absolute atomic E-state index is 16.6. The van der Waals surface area contributed by atoms with E-state index < -0.39 is 78.8 Å². The summed E-state index contributed by atoms with van der Waals surface area (Å²) in [6, 6.07) is 11.0. The summed E-state index contributed by atoms with van der Waals surface area (Å²) in [5.74, 6) is -6.41. The Bertz CT molecular complexity index is 1960. The molecule has 1 amide bonds. The highest BCUT2D eigenvalue weighted by atomic mass is 35.5. The number of alkyl halides is 3. The van der Waals surface area contributed by atoms with Crippen LogP contribution in [0.3, 0.4) is 0 Å². The van der Waals surface area contributed by atoms with Crippen molar-refractivity contribution in [2.75, 3.05) is 6.54 Å². The molecule has 1 fully saturated rings. The van der Waals surface area contributed by atoms with Crippen LogP contribution in [0.1, 0.15) is 34.3 Å². The summed E-state index contributed by atoms with van der Waals surface area (Å²) in [5.41, 5.74) is 2.43. The summed E-state index contributed by atoms with van der Waals surface area (Å²) in [7, 11) is 0. The number of carbonyl (C=O) groups excluding carboxylic acids is 1. The number of benzene rings is 3. The first-order chi connectivity index (χ1) is 21.4. The van der Waals surface area contributed by atoms with Gasteiger partial charge in [0.1, 0.15) is 11.6 Å². The molecule has 0 unspecified atom stereocenters. The summed E-state index contributed by atoms with van der Waals surface area (Å²) in [4.78, 5) is 25.3. The molecule has 15 heteroatoms. The van der Waals surface area contributed by atoms with Gasteiger partial charge in [0.25, 0.3) is 0 Å². The van der Waals surface area contributed by atoms with Gasteiger partial charge in [-0.2, -0.15) is 5.10 Å². The lowest BCUT2D eigenvalue weighted by molar-refractivity contribution is -0.215. The second kappa shape index (κ2) is 10.2. The first-order valence-corrected chi connectivity index (χ1v) is 14.0. The number of primary amides is 1. The van der Waals surface area contributed by atoms with Gasteiger partial charge in [-0.1, -0.05) is 41.9 Å². The highest BCUT2D eigenvalue weighted by Crippen LogP contribution is 2.55. The Morgan fingerprint density at radius 3 is 2.49 bits per heavy atom. The molecule has 45 heavy (non-hydrogen) atoms. The lowest BCUT2D eigenvalue weighted by Crippen LogP contribution is -2.48. The highest BCUT2D eigenvalue weighted by molar-refractivity contribution is 6.34. The highest BCUT2D eigenvalue weighted by Gasteiger charge is 2.50. The fourth-order valence-corrected chi connectivity index (χ4v) is 6.49. The molecule has 1 aromatic heterocycles. The zero-order valence-corrected chi connectivity index (χ0v) is 23.6. The van der Waals surface area contributed by atoms with Crippen molar-refractivity contribution >= 4 is 17.5 Å². The molecule has 3 aromatic carbocycles. The van der Waals surface area contributed by atoms with Crippen LogP contribution in [0.4, 0.5) is 22.0 Å². The van der Waals surface area contributed by atoms with Crippen molar-refractivity contribution in [1.29, 1.82) is 0 Å². The van der Waals surface area contributed by atoms with E-state index in [0.717, 1.165) is 24.1 Å². The third-order valence-corrected chi connectivity index (χ3v) is 8.54. The molecular formula is C30H20ClF5N4O5. The number of nitrogens with zero attached hydrogens (tertiary/aromatic N) is 2. The first-order valence-electron chi connectivity index (χ1n) is 13.6. The number of nitrogens with one attached hydrogen (secondary N) is 1. The van der Waals surface area contributed by atoms with Gasteiger partial charge < -0.3 is 25.3 Å². The van der Waals surface area contributed by atoms with Crippen molar-refractivity contribution in [3.05, 3.63) is 92.4 Å². The second-order valence-corrected chi connectivity index (χ2v) is 11.1. The molecule has 0 radical (unpaired) electrons. The van der Waals surface area contributed by atoms with Crippen molar-refractivity contribution < 1.29 is 41.0 Å². The van der Waals surface area contributed by atoms with Gasteiger partial charge in [-0.15, -0.1) is 17.9 Å². The fourth-order valence-electron chi connectivity index (χ4n) is 6.23. The van der Waals surface area contributed by atoms with Crippen molar-refractivity contribution in [3.8, 4) is 39.9 Å². The Labute approximate surface area is 255 Å². The zero-order valence-electron chi connectivity index (χ0n) is 22.8. The average molecular weight is 647 g/mol. The van der Waals surface area contributed by atoms with Gasteiger partial charge in [0.2, 0.25) is 17.4 Å². The number of hydrogen-bond donors (Lipinski definition) is 2. The third kappa shape index (κ3) is 4.42. The smallest absolute Gasteiger partial charge is 0.480 e. The summed E-state index contributed by atoms with van der Waals surface area (Å²) in [6.07, 6.45) is -3.04. The molecule has 7 rings (SSSR count). The largest absolute Gasteiger partial charge is 0.507 e. The van der Waals surface area contributed by atoms with E-state index in [1.165, 1.54) is 0 Å². The van der Waals surface area contributed by atoms with Crippen molar-refractivity contribution in [1.82, 2.24) is 15.1 Å². The number of amides is 1. The van der Waals surface area contributed by atoms with Crippen molar-refractivity contribution in [2.24, 2.45) is 5.73 Å². The molecule has 1 saturated heterocycles. The first kappa shape index (κ1) is 29.0. The van der Waals surface area contributed by atoms with Gasteiger partial charge in [-0.3, -0.25) is 9.59 Å². The quantitative estimate of drug-likeness (QED) is 0.234. The van der Waals surface area contributed by atoms with Gasteiger partial charge in [0.05, 0.1) is 22.8 Å². The minimum absolute atomic E-state index is 0.0404. The van der Waals surface area contributed by atoms with Crippen LogP contribution >= 0.6 is 11.6 Å². The Morgan fingerprint density at radius 2 is 1.82 bits per heavy atom. The van der Waals surface area contributed by atoms with E-state index in [9.17, 15) is 22.8 Å². The lowest BCUT2D eigenvalue weighted by atomic mass is 9.80. The summed E-state index contributed by atoms with van der Waals surface area (Å²) < 4.78 is 88.6. The van der Waals surface area contributed by atoms with Crippen LogP contribution in [0.2, 0.25) is 5.02 Å². The minimum atomic E-state index is -5.22. The second-order valence-electron chi connectivity index (χ2n) is 10.7. The summed E-state index contributed by atoms with van der Waals surface area (Å²) >= 11 is 6.50. The predicted molar refractivity (Wildman–Crippen MR) is 149 cm³/mol. The molecule has 3 aliphatic heterocycles. The maximum atomic E-state index is 16.6. The number of rotatable bonds is 4. The van der Waals surface area contributed by atoms with Crippen LogP contribution in [-0.4, -0.2) is 28.3 Å². The molecule has 3 N–H and O–H groups in total. The molecule has 4 heterocycles. The molecular weight excluding hydrogens is 627 g/mol.